The maximum absolute atomic E-state index is 13.2. The predicted molar refractivity (Wildman–Crippen MR) is 98.8 cm³/mol. The number of carbonyl (C=O) groups excluding carboxylic acids is 2. The van der Waals surface area contributed by atoms with Crippen LogP contribution in [0.4, 0.5) is 0 Å². The Morgan fingerprint density at radius 2 is 1.92 bits per heavy atom. The van der Waals surface area contributed by atoms with Crippen LogP contribution in [0.5, 0.6) is 0 Å². The number of hydrogen-bond donors (Lipinski definition) is 1. The average molecular weight is 334 g/mol. The van der Waals surface area contributed by atoms with Gasteiger partial charge in [-0.2, -0.15) is 0 Å². The van der Waals surface area contributed by atoms with E-state index in [1.807, 2.05) is 47.4 Å². The van der Waals surface area contributed by atoms with Gasteiger partial charge in [-0.25, -0.2) is 0 Å². The van der Waals surface area contributed by atoms with E-state index < -0.39 is 6.04 Å². The fourth-order valence-corrected chi connectivity index (χ4v) is 3.23. The largest absolute Gasteiger partial charge is 0.340 e. The van der Waals surface area contributed by atoms with Crippen molar-refractivity contribution >= 4 is 19.7 Å². The Bertz CT molecular complexity index is 668. The highest BCUT2D eigenvalue weighted by atomic mass is 16.2. The van der Waals surface area contributed by atoms with Crippen molar-refractivity contribution in [1.29, 1.82) is 0 Å². The quantitative estimate of drug-likeness (QED) is 0.642. The molecule has 1 heterocycles. The van der Waals surface area contributed by atoms with Crippen molar-refractivity contribution in [3.63, 3.8) is 0 Å². The second-order valence-corrected chi connectivity index (χ2v) is 6.64. The first-order valence-electron chi connectivity index (χ1n) is 8.91. The summed E-state index contributed by atoms with van der Waals surface area (Å²) in [6, 6.07) is 8.93. The third-order valence-corrected chi connectivity index (χ3v) is 4.75. The first-order valence-corrected chi connectivity index (χ1v) is 8.91. The van der Waals surface area contributed by atoms with E-state index in [2.05, 4.69) is 5.32 Å². The molecule has 0 unspecified atom stereocenters. The van der Waals surface area contributed by atoms with Gasteiger partial charge >= 0.3 is 0 Å². The molecule has 1 aromatic carbocycles. The maximum Gasteiger partial charge on any atom is 0.250 e. The van der Waals surface area contributed by atoms with E-state index >= 15 is 0 Å². The van der Waals surface area contributed by atoms with Gasteiger partial charge < -0.3 is 10.2 Å². The van der Waals surface area contributed by atoms with Crippen LogP contribution in [0.15, 0.2) is 54.5 Å². The minimum absolute atomic E-state index is 0.0143. The van der Waals surface area contributed by atoms with Crippen LogP contribution in [0.1, 0.15) is 37.3 Å². The van der Waals surface area contributed by atoms with E-state index in [1.165, 1.54) is 5.98 Å². The molecular formula is C20H23BN2O2. The molecule has 1 aliphatic heterocycles. The molecular weight excluding hydrogens is 311 g/mol. The molecule has 4 nitrogen and oxygen atoms in total. The summed E-state index contributed by atoms with van der Waals surface area (Å²) in [5.41, 5.74) is 0.831. The topological polar surface area (TPSA) is 49.4 Å². The number of rotatable bonds is 6. The van der Waals surface area contributed by atoms with Gasteiger partial charge in [-0.15, -0.1) is 5.98 Å². The minimum atomic E-state index is -0.617. The molecule has 2 amide bonds. The predicted octanol–water partition coefficient (Wildman–Crippen LogP) is 2.48. The van der Waals surface area contributed by atoms with Crippen molar-refractivity contribution in [2.75, 3.05) is 6.54 Å². The molecule has 1 saturated carbocycles. The highest BCUT2D eigenvalue weighted by Gasteiger charge is 2.36. The fraction of sp³-hybridized carbons (Fsp3) is 0.400. The summed E-state index contributed by atoms with van der Waals surface area (Å²) >= 11 is 0. The Hall–Kier alpha value is -2.30. The van der Waals surface area contributed by atoms with Crippen LogP contribution in [0.3, 0.4) is 0 Å². The van der Waals surface area contributed by atoms with Gasteiger partial charge in [-0.1, -0.05) is 48.6 Å². The second kappa shape index (κ2) is 8.19. The van der Waals surface area contributed by atoms with Crippen molar-refractivity contribution in [1.82, 2.24) is 10.2 Å². The van der Waals surface area contributed by atoms with Crippen molar-refractivity contribution in [3.8, 4) is 0 Å². The van der Waals surface area contributed by atoms with Crippen LogP contribution in [-0.4, -0.2) is 37.1 Å². The molecule has 3 rings (SSSR count). The first-order chi connectivity index (χ1) is 12.2. The van der Waals surface area contributed by atoms with E-state index in [0.29, 0.717) is 6.54 Å². The summed E-state index contributed by atoms with van der Waals surface area (Å²) in [5.74, 6) is 1.49. The lowest BCUT2D eigenvalue weighted by Gasteiger charge is -2.28. The maximum atomic E-state index is 13.2. The fourth-order valence-electron chi connectivity index (χ4n) is 3.23. The minimum Gasteiger partial charge on any atom is -0.340 e. The van der Waals surface area contributed by atoms with Crippen molar-refractivity contribution in [2.45, 2.75) is 37.8 Å². The summed E-state index contributed by atoms with van der Waals surface area (Å²) in [7, 11) is 5.36. The molecule has 128 valence electrons. The molecule has 2 fully saturated rings. The smallest absolute Gasteiger partial charge is 0.250 e. The van der Waals surface area contributed by atoms with E-state index in [1.54, 1.807) is 6.08 Å². The monoisotopic (exact) mass is 334 g/mol. The number of hydrogen-bond acceptors (Lipinski definition) is 2. The summed E-state index contributed by atoms with van der Waals surface area (Å²) < 4.78 is 0. The van der Waals surface area contributed by atoms with E-state index in [-0.39, 0.29) is 23.8 Å². The van der Waals surface area contributed by atoms with Gasteiger partial charge in [0.2, 0.25) is 11.8 Å². The van der Waals surface area contributed by atoms with E-state index in [0.717, 1.165) is 31.2 Å². The molecule has 2 aliphatic rings. The highest BCUT2D eigenvalue weighted by molar-refractivity contribution is 6.17. The lowest BCUT2D eigenvalue weighted by molar-refractivity contribution is -0.137. The Labute approximate surface area is 150 Å². The SMILES string of the molecule is [B]C=CC=C[C@H]1CCCN1C(=O)[C@H](NC(=O)C1CC1)c1ccccc1. The Morgan fingerprint density at radius 1 is 1.16 bits per heavy atom. The number of nitrogens with one attached hydrogen (secondary N) is 1. The zero-order valence-corrected chi connectivity index (χ0v) is 14.3. The number of carbonyl (C=O) groups is 2. The van der Waals surface area contributed by atoms with Crippen LogP contribution in [-0.2, 0) is 9.59 Å². The van der Waals surface area contributed by atoms with Gasteiger partial charge in [0.05, 0.1) is 6.04 Å². The Balaban J connectivity index is 1.79. The number of benzene rings is 1. The van der Waals surface area contributed by atoms with Crippen LogP contribution in [0.25, 0.3) is 0 Å². The zero-order chi connectivity index (χ0) is 17.6. The van der Waals surface area contributed by atoms with Crippen LogP contribution >= 0.6 is 0 Å². The summed E-state index contributed by atoms with van der Waals surface area (Å²) in [4.78, 5) is 27.4. The summed E-state index contributed by atoms with van der Waals surface area (Å²) in [6.45, 7) is 0.711. The van der Waals surface area contributed by atoms with Crippen molar-refractivity contribution in [3.05, 3.63) is 60.1 Å². The van der Waals surface area contributed by atoms with Crippen LogP contribution < -0.4 is 5.32 Å². The molecule has 25 heavy (non-hydrogen) atoms. The van der Waals surface area contributed by atoms with Gasteiger partial charge in [0.1, 0.15) is 13.9 Å². The van der Waals surface area contributed by atoms with Crippen LogP contribution in [0.2, 0.25) is 0 Å². The number of likely N-dealkylation sites (tertiary alicyclic amines) is 1. The standard InChI is InChI=1S/C20H23BN2O2/c21-13-5-4-9-17-10-6-14-23(17)20(25)18(15-7-2-1-3-8-15)22-19(24)16-11-12-16/h1-5,7-9,13,16-18H,6,10-12,14H2,(H,22,24)/t17-,18+/m0/s1. The first kappa shape index (κ1) is 17.5. The molecule has 1 aromatic rings. The lowest BCUT2D eigenvalue weighted by Crippen LogP contribution is -2.44. The molecule has 1 aliphatic carbocycles. The number of amides is 2. The number of allylic oxidation sites excluding steroid dienone is 2. The molecule has 2 radical (unpaired) electrons. The van der Waals surface area contributed by atoms with Crippen molar-refractivity contribution < 1.29 is 9.59 Å². The van der Waals surface area contributed by atoms with Gasteiger partial charge in [0.15, 0.2) is 0 Å². The Morgan fingerprint density at radius 3 is 2.60 bits per heavy atom. The normalized spacial score (nSPS) is 21.8. The second-order valence-electron chi connectivity index (χ2n) is 6.64. The molecule has 2 atom stereocenters. The summed E-state index contributed by atoms with van der Waals surface area (Å²) in [6.07, 6.45) is 9.36. The van der Waals surface area contributed by atoms with E-state index in [4.69, 9.17) is 7.85 Å². The van der Waals surface area contributed by atoms with E-state index in [9.17, 15) is 9.59 Å². The van der Waals surface area contributed by atoms with Gasteiger partial charge in [0.25, 0.3) is 0 Å². The van der Waals surface area contributed by atoms with Gasteiger partial charge in [0, 0.05) is 12.5 Å². The third kappa shape index (κ3) is 4.41. The molecule has 0 spiro atoms. The average Bonchev–Trinajstić information content (AvgIpc) is 3.39. The van der Waals surface area contributed by atoms with Crippen LogP contribution in [0, 0.1) is 5.92 Å². The van der Waals surface area contributed by atoms with Gasteiger partial charge in [-0.3, -0.25) is 9.59 Å². The lowest BCUT2D eigenvalue weighted by atomic mass is 10.0. The Kier molecular flexibility index (Phi) is 5.74. The van der Waals surface area contributed by atoms with Crippen molar-refractivity contribution in [2.24, 2.45) is 5.92 Å². The zero-order valence-electron chi connectivity index (χ0n) is 14.3. The number of nitrogens with zero attached hydrogens (tertiary/aromatic N) is 1. The summed E-state index contributed by atoms with van der Waals surface area (Å²) in [5, 5.41) is 2.97. The molecule has 1 N–H and O–H groups in total. The molecule has 0 aromatic heterocycles. The highest BCUT2D eigenvalue weighted by Crippen LogP contribution is 2.31. The van der Waals surface area contributed by atoms with Gasteiger partial charge in [-0.05, 0) is 31.2 Å². The third-order valence-electron chi connectivity index (χ3n) is 4.75. The molecule has 1 saturated heterocycles. The molecule has 5 heteroatoms. The molecule has 0 bridgehead atoms.